The molecule has 1 N–H and O–H groups in total. The van der Waals surface area contributed by atoms with E-state index in [4.69, 9.17) is 24.3 Å². The summed E-state index contributed by atoms with van der Waals surface area (Å²) in [5.41, 5.74) is 2.52. The van der Waals surface area contributed by atoms with Gasteiger partial charge in [0.15, 0.2) is 6.29 Å². The zero-order chi connectivity index (χ0) is 34.6. The van der Waals surface area contributed by atoms with E-state index in [0.717, 1.165) is 57.5 Å². The van der Waals surface area contributed by atoms with E-state index < -0.39 is 24.1 Å². The van der Waals surface area contributed by atoms with Crippen molar-refractivity contribution in [3.8, 4) is 16.5 Å². The first kappa shape index (κ1) is 35.5. The molecule has 10 nitrogen and oxygen atoms in total. The van der Waals surface area contributed by atoms with Crippen LogP contribution >= 0.6 is 11.3 Å². The highest BCUT2D eigenvalue weighted by molar-refractivity contribution is 7.15. The molecule has 2 aliphatic heterocycles. The number of likely N-dealkylation sites (tertiary alicyclic amines) is 1. The lowest BCUT2D eigenvalue weighted by atomic mass is 9.93. The van der Waals surface area contributed by atoms with Crippen molar-refractivity contribution in [2.24, 2.45) is 0 Å². The molecule has 0 radical (unpaired) electrons. The van der Waals surface area contributed by atoms with E-state index >= 15 is 0 Å². The minimum atomic E-state index is -1.22. The number of hydrogen-bond acceptors (Lipinski definition) is 9. The molecule has 2 aliphatic rings. The molecule has 0 spiro atoms. The smallest absolute Gasteiger partial charge is 0.354 e. The normalized spacial score (nSPS) is 19.2. The van der Waals surface area contributed by atoms with Gasteiger partial charge < -0.3 is 24.2 Å². The van der Waals surface area contributed by atoms with Crippen LogP contribution in [0.15, 0.2) is 67.5 Å². The highest BCUT2D eigenvalue weighted by atomic mass is 32.1. The molecular weight excluding hydrogens is 627 g/mol. The molecule has 0 amide bonds. The number of aliphatic carboxylic acids is 1. The average molecular weight is 676 g/mol. The van der Waals surface area contributed by atoms with Crippen LogP contribution in [-0.2, 0) is 20.7 Å². The van der Waals surface area contributed by atoms with Crippen molar-refractivity contribution in [1.29, 1.82) is 0 Å². The number of benzene rings is 1. The minimum Gasteiger partial charge on any atom is -0.490 e. The molecule has 0 saturated carbocycles. The van der Waals surface area contributed by atoms with Crippen molar-refractivity contribution in [3.05, 3.63) is 83.7 Å². The second-order valence-electron chi connectivity index (χ2n) is 13.8. The van der Waals surface area contributed by atoms with E-state index in [1.54, 1.807) is 17.4 Å². The molecule has 11 heteroatoms. The lowest BCUT2D eigenvalue weighted by Gasteiger charge is -2.49. The summed E-state index contributed by atoms with van der Waals surface area (Å²) in [6.07, 6.45) is 8.82. The zero-order valence-corrected chi connectivity index (χ0v) is 29.8. The second kappa shape index (κ2) is 14.8. The largest absolute Gasteiger partial charge is 0.490 e. The number of hydrogen-bond donors (Lipinski definition) is 1. The first-order valence-electron chi connectivity index (χ1n) is 16.6. The Morgan fingerprint density at radius 2 is 1.94 bits per heavy atom. The van der Waals surface area contributed by atoms with Gasteiger partial charge in [-0.2, -0.15) is 5.10 Å². The number of carbonyl (C=O) groups is 1. The Morgan fingerprint density at radius 3 is 2.60 bits per heavy atom. The van der Waals surface area contributed by atoms with Crippen molar-refractivity contribution in [2.75, 3.05) is 19.7 Å². The molecule has 2 aromatic heterocycles. The van der Waals surface area contributed by atoms with E-state index in [1.165, 1.54) is 0 Å². The predicted molar refractivity (Wildman–Crippen MR) is 190 cm³/mol. The number of allylic oxidation sites excluding steroid dienone is 1. The molecule has 258 valence electrons. The summed E-state index contributed by atoms with van der Waals surface area (Å²) in [7, 11) is 0. The molecule has 2 unspecified atom stereocenters. The number of thiazole rings is 1. The van der Waals surface area contributed by atoms with Crippen LogP contribution in [-0.4, -0.2) is 78.9 Å². The van der Waals surface area contributed by atoms with Crippen LogP contribution in [0.25, 0.3) is 16.8 Å². The quantitative estimate of drug-likeness (QED) is 0.176. The molecular formula is C37H49N5O5S. The Kier molecular flexibility index (Phi) is 10.9. The summed E-state index contributed by atoms with van der Waals surface area (Å²) in [5, 5.41) is 16.4. The van der Waals surface area contributed by atoms with Crippen LogP contribution in [0, 0.1) is 0 Å². The van der Waals surface area contributed by atoms with Gasteiger partial charge in [0.1, 0.15) is 16.5 Å². The third-order valence-electron chi connectivity index (χ3n) is 8.59. The number of rotatable bonds is 14. The van der Waals surface area contributed by atoms with Crippen molar-refractivity contribution in [2.45, 2.75) is 97.0 Å². The predicted octanol–water partition coefficient (Wildman–Crippen LogP) is 7.36. The summed E-state index contributed by atoms with van der Waals surface area (Å²) in [6.45, 7) is 21.2. The lowest BCUT2D eigenvalue weighted by molar-refractivity contribution is -0.201. The first-order chi connectivity index (χ1) is 22.8. The molecule has 1 aromatic carbocycles. The maximum Gasteiger partial charge on any atom is 0.354 e. The summed E-state index contributed by atoms with van der Waals surface area (Å²) in [6, 6.07) is 10.1. The van der Waals surface area contributed by atoms with E-state index in [9.17, 15) is 9.90 Å². The van der Waals surface area contributed by atoms with Crippen LogP contribution in [0.4, 0.5) is 0 Å². The van der Waals surface area contributed by atoms with Crippen LogP contribution < -0.4 is 4.74 Å². The van der Waals surface area contributed by atoms with Crippen LogP contribution in [0.2, 0.25) is 0 Å². The van der Waals surface area contributed by atoms with Crippen molar-refractivity contribution in [1.82, 2.24) is 24.6 Å². The van der Waals surface area contributed by atoms with Crippen LogP contribution in [0.3, 0.4) is 0 Å². The van der Waals surface area contributed by atoms with Gasteiger partial charge in [0.2, 0.25) is 6.23 Å². The van der Waals surface area contributed by atoms with Gasteiger partial charge in [-0.05, 0) is 78.2 Å². The van der Waals surface area contributed by atoms with Gasteiger partial charge in [0, 0.05) is 42.7 Å². The molecule has 3 aromatic rings. The maximum atomic E-state index is 12.8. The number of piperidine rings is 1. The van der Waals surface area contributed by atoms with Crippen LogP contribution in [0.1, 0.15) is 83.2 Å². The van der Waals surface area contributed by atoms with E-state index in [1.807, 2.05) is 86.8 Å². The molecule has 1 fully saturated rings. The molecule has 5 rings (SSSR count). The van der Waals surface area contributed by atoms with Gasteiger partial charge in [0.25, 0.3) is 0 Å². The summed E-state index contributed by atoms with van der Waals surface area (Å²) >= 11 is 1.60. The van der Waals surface area contributed by atoms with Gasteiger partial charge in [-0.1, -0.05) is 30.4 Å². The fraction of sp³-hybridized carbons (Fsp3) is 0.486. The number of nitrogens with zero attached hydrogens (tertiary/aromatic N) is 5. The van der Waals surface area contributed by atoms with Crippen molar-refractivity contribution < 1.29 is 24.1 Å². The standard InChI is InChI=1S/C37H49N5O5S/c1-9-13-26(4)46-31-15-12-11-14-27(31)22-29-24-38-32(48-29)30-23-28-21-25(3)41(33(34(43)44)47-36(5,6)7)35(42(28)39-30)40-18-16-37(8,17-19-40)45-20-10-2/h9-12,14-15,21,23-24,26,33,35H,1-2,13,16-20,22H2,3-8H3,(H,43,44)/t26-,33?,35?/m1/s1. The minimum absolute atomic E-state index is 0.0319. The molecule has 3 atom stereocenters. The number of carboxylic acid groups (broad SMARTS) is 1. The Labute approximate surface area is 288 Å². The molecule has 0 aliphatic carbocycles. The number of para-hydroxylation sites is 1. The molecule has 1 saturated heterocycles. The Morgan fingerprint density at radius 1 is 1.21 bits per heavy atom. The highest BCUT2D eigenvalue weighted by Gasteiger charge is 2.44. The Bertz CT molecular complexity index is 1630. The van der Waals surface area contributed by atoms with Gasteiger partial charge in [-0.15, -0.1) is 24.5 Å². The summed E-state index contributed by atoms with van der Waals surface area (Å²) in [5.74, 6) is -0.192. The number of fused-ring (bicyclic) bond motifs is 1. The highest BCUT2D eigenvalue weighted by Crippen LogP contribution is 2.39. The number of aromatic nitrogens is 3. The molecule has 48 heavy (non-hydrogen) atoms. The van der Waals surface area contributed by atoms with Gasteiger partial charge in [-0.25, -0.2) is 14.5 Å². The van der Waals surface area contributed by atoms with E-state index in [-0.39, 0.29) is 11.7 Å². The van der Waals surface area contributed by atoms with Gasteiger partial charge in [-0.3, -0.25) is 4.90 Å². The van der Waals surface area contributed by atoms with Crippen molar-refractivity contribution >= 4 is 23.4 Å². The average Bonchev–Trinajstić information content (AvgIpc) is 3.66. The Hall–Kier alpha value is -3.77. The molecule has 4 heterocycles. The third kappa shape index (κ3) is 8.26. The van der Waals surface area contributed by atoms with Gasteiger partial charge >= 0.3 is 5.97 Å². The van der Waals surface area contributed by atoms with Crippen molar-refractivity contribution in [3.63, 3.8) is 0 Å². The number of ether oxygens (including phenoxy) is 3. The van der Waals surface area contributed by atoms with E-state index in [0.29, 0.717) is 26.1 Å². The summed E-state index contributed by atoms with van der Waals surface area (Å²) < 4.78 is 20.5. The first-order valence-corrected chi connectivity index (χ1v) is 17.4. The number of carboxylic acids is 1. The fourth-order valence-corrected chi connectivity index (χ4v) is 7.08. The Balaban J connectivity index is 1.46. The lowest BCUT2D eigenvalue weighted by Crippen LogP contribution is -2.57. The fourth-order valence-electron chi connectivity index (χ4n) is 6.18. The SMILES string of the molecule is C=CCOC1(C)CCN(C2N(C(OC(C)(C)C)C(=O)O)C(C)=Cc3cc(-c4ncc(Cc5ccccc5O[C@H](C)CC=C)s4)nn32)CC1. The topological polar surface area (TPSA) is 102 Å². The summed E-state index contributed by atoms with van der Waals surface area (Å²) in [4.78, 5) is 22.8. The molecule has 0 bridgehead atoms. The zero-order valence-electron chi connectivity index (χ0n) is 29.0. The van der Waals surface area contributed by atoms with E-state index in [2.05, 4.69) is 31.0 Å². The second-order valence-corrected chi connectivity index (χ2v) is 14.9. The third-order valence-corrected chi connectivity index (χ3v) is 9.61. The maximum absolute atomic E-state index is 12.8. The van der Waals surface area contributed by atoms with Gasteiger partial charge in [0.05, 0.1) is 29.6 Å². The van der Waals surface area contributed by atoms with Crippen LogP contribution in [0.5, 0.6) is 5.75 Å². The monoisotopic (exact) mass is 675 g/mol.